The number of fused-ring (bicyclic) bond motifs is 1. The zero-order valence-corrected chi connectivity index (χ0v) is 12.6. The Morgan fingerprint density at radius 1 is 1.29 bits per heavy atom. The summed E-state index contributed by atoms with van der Waals surface area (Å²) in [6.45, 7) is 6.76. The lowest BCUT2D eigenvalue weighted by atomic mass is 10.1. The first-order chi connectivity index (χ1) is 10.3. The molecule has 2 aromatic heterocycles. The highest BCUT2D eigenvalue weighted by Gasteiger charge is 2.14. The van der Waals surface area contributed by atoms with Crippen molar-refractivity contribution in [3.63, 3.8) is 0 Å². The van der Waals surface area contributed by atoms with E-state index in [0.29, 0.717) is 0 Å². The van der Waals surface area contributed by atoms with Crippen LogP contribution in [-0.4, -0.2) is 16.1 Å². The van der Waals surface area contributed by atoms with Crippen molar-refractivity contribution in [2.75, 3.05) is 6.54 Å². The second-order valence-electron chi connectivity index (χ2n) is 5.28. The van der Waals surface area contributed by atoms with Crippen molar-refractivity contribution in [3.05, 3.63) is 53.8 Å². The number of rotatable bonds is 6. The molecule has 0 bridgehead atoms. The van der Waals surface area contributed by atoms with Crippen LogP contribution in [0.15, 0.2) is 41.1 Å². The topological polar surface area (TPSA) is 43.0 Å². The molecule has 3 aromatic rings. The van der Waals surface area contributed by atoms with E-state index < -0.39 is 0 Å². The third-order valence-corrected chi connectivity index (χ3v) is 3.75. The van der Waals surface area contributed by atoms with Crippen molar-refractivity contribution < 1.29 is 4.42 Å². The van der Waals surface area contributed by atoms with Crippen molar-refractivity contribution in [1.82, 2.24) is 14.9 Å². The van der Waals surface area contributed by atoms with Gasteiger partial charge < -0.3 is 14.3 Å². The van der Waals surface area contributed by atoms with Gasteiger partial charge in [-0.1, -0.05) is 25.1 Å². The summed E-state index contributed by atoms with van der Waals surface area (Å²) in [5, 5.41) is 4.62. The Kier molecular flexibility index (Phi) is 4.06. The number of aromatic nitrogens is 2. The second kappa shape index (κ2) is 6.14. The Morgan fingerprint density at radius 3 is 2.90 bits per heavy atom. The maximum Gasteiger partial charge on any atom is 0.134 e. The number of hydrogen-bond acceptors (Lipinski definition) is 3. The van der Waals surface area contributed by atoms with Crippen LogP contribution in [0, 0.1) is 6.92 Å². The zero-order valence-electron chi connectivity index (χ0n) is 12.6. The number of nitrogens with one attached hydrogen (secondary N) is 1. The molecule has 4 heteroatoms. The minimum absolute atomic E-state index is 0.769. The molecule has 0 aliphatic rings. The SMILES string of the molecule is CCCNCc1oc2ccccc2c1Cn1ccnc1C. The molecule has 110 valence electrons. The summed E-state index contributed by atoms with van der Waals surface area (Å²) in [5.74, 6) is 2.05. The maximum absolute atomic E-state index is 6.04. The van der Waals surface area contributed by atoms with Crippen molar-refractivity contribution in [1.29, 1.82) is 0 Å². The number of para-hydroxylation sites is 1. The molecular weight excluding hydrogens is 262 g/mol. The molecule has 2 heterocycles. The number of imidazole rings is 1. The fraction of sp³-hybridized carbons (Fsp3) is 0.353. The molecule has 21 heavy (non-hydrogen) atoms. The van der Waals surface area contributed by atoms with E-state index in [9.17, 15) is 0 Å². The number of aryl methyl sites for hydroxylation is 1. The van der Waals surface area contributed by atoms with Crippen LogP contribution < -0.4 is 5.32 Å². The summed E-state index contributed by atoms with van der Waals surface area (Å²) in [7, 11) is 0. The van der Waals surface area contributed by atoms with E-state index in [1.165, 1.54) is 10.9 Å². The van der Waals surface area contributed by atoms with E-state index in [1.807, 2.05) is 31.5 Å². The number of furan rings is 1. The van der Waals surface area contributed by atoms with Gasteiger partial charge in [-0.05, 0) is 26.0 Å². The van der Waals surface area contributed by atoms with Gasteiger partial charge in [0.15, 0.2) is 0 Å². The third-order valence-electron chi connectivity index (χ3n) is 3.75. The Balaban J connectivity index is 1.96. The summed E-state index contributed by atoms with van der Waals surface area (Å²) in [5.41, 5.74) is 2.20. The van der Waals surface area contributed by atoms with E-state index in [2.05, 4.69) is 33.9 Å². The van der Waals surface area contributed by atoms with Gasteiger partial charge in [0.2, 0.25) is 0 Å². The monoisotopic (exact) mass is 283 g/mol. The predicted molar refractivity (Wildman–Crippen MR) is 84.3 cm³/mol. The highest BCUT2D eigenvalue weighted by Crippen LogP contribution is 2.27. The Bertz CT molecular complexity index is 727. The molecule has 0 fully saturated rings. The van der Waals surface area contributed by atoms with Crippen molar-refractivity contribution in [2.24, 2.45) is 0 Å². The lowest BCUT2D eigenvalue weighted by Crippen LogP contribution is -2.15. The van der Waals surface area contributed by atoms with Crippen LogP contribution in [0.25, 0.3) is 11.0 Å². The van der Waals surface area contributed by atoms with E-state index in [1.54, 1.807) is 0 Å². The first-order valence-corrected chi connectivity index (χ1v) is 7.47. The Morgan fingerprint density at radius 2 is 2.14 bits per heavy atom. The minimum Gasteiger partial charge on any atom is -0.459 e. The van der Waals surface area contributed by atoms with Crippen LogP contribution in [-0.2, 0) is 13.1 Å². The van der Waals surface area contributed by atoms with Gasteiger partial charge in [0.25, 0.3) is 0 Å². The largest absolute Gasteiger partial charge is 0.459 e. The maximum atomic E-state index is 6.04. The van der Waals surface area contributed by atoms with Gasteiger partial charge in [-0.3, -0.25) is 0 Å². The molecule has 1 aromatic carbocycles. The predicted octanol–water partition coefficient (Wildman–Crippen LogP) is 3.49. The van der Waals surface area contributed by atoms with Crippen LogP contribution in [0.2, 0.25) is 0 Å². The van der Waals surface area contributed by atoms with Gasteiger partial charge in [-0.2, -0.15) is 0 Å². The van der Waals surface area contributed by atoms with Crippen molar-refractivity contribution in [3.8, 4) is 0 Å². The van der Waals surface area contributed by atoms with Crippen LogP contribution in [0.1, 0.15) is 30.5 Å². The van der Waals surface area contributed by atoms with Crippen LogP contribution in [0.4, 0.5) is 0 Å². The average molecular weight is 283 g/mol. The quantitative estimate of drug-likeness (QED) is 0.704. The fourth-order valence-electron chi connectivity index (χ4n) is 2.59. The van der Waals surface area contributed by atoms with Crippen LogP contribution in [0.3, 0.4) is 0 Å². The average Bonchev–Trinajstić information content (AvgIpc) is 3.05. The lowest BCUT2D eigenvalue weighted by molar-refractivity contribution is 0.504. The van der Waals surface area contributed by atoms with Crippen LogP contribution >= 0.6 is 0 Å². The van der Waals surface area contributed by atoms with Crippen molar-refractivity contribution in [2.45, 2.75) is 33.4 Å². The third kappa shape index (κ3) is 2.85. The standard InChI is InChI=1S/C17H21N3O/c1-3-8-18-11-17-15(12-20-10-9-19-13(20)2)14-6-4-5-7-16(14)21-17/h4-7,9-10,18H,3,8,11-12H2,1-2H3. The Labute approximate surface area is 124 Å². The number of nitrogens with zero attached hydrogens (tertiary/aromatic N) is 2. The molecule has 3 rings (SSSR count). The summed E-state index contributed by atoms with van der Waals surface area (Å²) in [6.07, 6.45) is 4.98. The Hall–Kier alpha value is -2.07. The van der Waals surface area contributed by atoms with Crippen LogP contribution in [0.5, 0.6) is 0 Å². The van der Waals surface area contributed by atoms with Gasteiger partial charge in [0.1, 0.15) is 17.2 Å². The smallest absolute Gasteiger partial charge is 0.134 e. The molecule has 4 nitrogen and oxygen atoms in total. The molecule has 1 N–H and O–H groups in total. The van der Waals surface area contributed by atoms with E-state index in [4.69, 9.17) is 4.42 Å². The zero-order chi connectivity index (χ0) is 14.7. The summed E-state index contributed by atoms with van der Waals surface area (Å²) >= 11 is 0. The molecule has 0 aliphatic heterocycles. The number of hydrogen-bond donors (Lipinski definition) is 1. The first-order valence-electron chi connectivity index (χ1n) is 7.47. The molecule has 0 saturated heterocycles. The van der Waals surface area contributed by atoms with E-state index in [-0.39, 0.29) is 0 Å². The molecule has 0 spiro atoms. The van der Waals surface area contributed by atoms with E-state index in [0.717, 1.165) is 43.2 Å². The summed E-state index contributed by atoms with van der Waals surface area (Å²) in [4.78, 5) is 4.30. The fourth-order valence-corrected chi connectivity index (χ4v) is 2.59. The summed E-state index contributed by atoms with van der Waals surface area (Å²) in [6, 6.07) is 8.24. The van der Waals surface area contributed by atoms with Gasteiger partial charge >= 0.3 is 0 Å². The lowest BCUT2D eigenvalue weighted by Gasteiger charge is -2.07. The minimum atomic E-state index is 0.769. The van der Waals surface area contributed by atoms with E-state index >= 15 is 0 Å². The molecule has 0 atom stereocenters. The summed E-state index contributed by atoms with van der Waals surface area (Å²) < 4.78 is 8.19. The van der Waals surface area contributed by atoms with Gasteiger partial charge in [-0.15, -0.1) is 0 Å². The number of benzene rings is 1. The highest BCUT2D eigenvalue weighted by atomic mass is 16.3. The van der Waals surface area contributed by atoms with Crippen molar-refractivity contribution >= 4 is 11.0 Å². The molecule has 0 aliphatic carbocycles. The first kappa shape index (κ1) is 13.9. The highest BCUT2D eigenvalue weighted by molar-refractivity contribution is 5.82. The molecule has 0 radical (unpaired) electrons. The van der Waals surface area contributed by atoms with Gasteiger partial charge in [0, 0.05) is 23.3 Å². The normalized spacial score (nSPS) is 11.3. The second-order valence-corrected chi connectivity index (χ2v) is 5.28. The molecule has 0 unspecified atom stereocenters. The molecular formula is C17H21N3O. The molecule has 0 saturated carbocycles. The molecule has 0 amide bonds. The van der Waals surface area contributed by atoms with Gasteiger partial charge in [0.05, 0.1) is 13.1 Å². The van der Waals surface area contributed by atoms with Gasteiger partial charge in [-0.25, -0.2) is 4.98 Å².